The van der Waals surface area contributed by atoms with E-state index in [4.69, 9.17) is 4.74 Å². The van der Waals surface area contributed by atoms with Gasteiger partial charge in [-0.3, -0.25) is 4.79 Å². The Balaban J connectivity index is 1.97. The van der Waals surface area contributed by atoms with Crippen LogP contribution in [0.25, 0.3) is 0 Å². The zero-order chi connectivity index (χ0) is 18.2. The normalized spacial score (nSPS) is 11.5. The zero-order valence-electron chi connectivity index (χ0n) is 14.7. The number of rotatable bonds is 7. The van der Waals surface area contributed by atoms with Crippen LogP contribution < -0.4 is 10.1 Å². The number of ether oxygens (including phenoxy) is 2. The predicted molar refractivity (Wildman–Crippen MR) is 96.9 cm³/mol. The van der Waals surface area contributed by atoms with Gasteiger partial charge >= 0.3 is 5.97 Å². The van der Waals surface area contributed by atoms with E-state index in [1.54, 1.807) is 31.2 Å². The summed E-state index contributed by atoms with van der Waals surface area (Å²) in [6.07, 6.45) is 1.44. The summed E-state index contributed by atoms with van der Waals surface area (Å²) >= 11 is 0. The van der Waals surface area contributed by atoms with Crippen molar-refractivity contribution in [3.63, 3.8) is 0 Å². The van der Waals surface area contributed by atoms with Crippen LogP contribution in [0, 0.1) is 0 Å². The first-order valence-corrected chi connectivity index (χ1v) is 8.28. The summed E-state index contributed by atoms with van der Waals surface area (Å²) in [7, 11) is 1.31. The van der Waals surface area contributed by atoms with E-state index in [0.29, 0.717) is 17.0 Å². The first kappa shape index (κ1) is 18.5. The molecule has 25 heavy (non-hydrogen) atoms. The van der Waals surface area contributed by atoms with Crippen LogP contribution in [-0.4, -0.2) is 25.1 Å². The van der Waals surface area contributed by atoms with Gasteiger partial charge in [0.15, 0.2) is 6.10 Å². The lowest BCUT2D eigenvalue weighted by molar-refractivity contribution is -0.122. The van der Waals surface area contributed by atoms with Gasteiger partial charge in [0.05, 0.1) is 12.7 Å². The van der Waals surface area contributed by atoms with Crippen molar-refractivity contribution in [3.05, 3.63) is 59.7 Å². The Morgan fingerprint density at radius 3 is 2.48 bits per heavy atom. The van der Waals surface area contributed by atoms with Gasteiger partial charge in [0.2, 0.25) is 0 Å². The fourth-order valence-electron chi connectivity index (χ4n) is 2.37. The molecule has 0 aromatic heterocycles. The highest BCUT2D eigenvalue weighted by Gasteiger charge is 2.15. The Labute approximate surface area is 148 Å². The standard InChI is InChI=1S/C20H23NO4/c1-4-6-15-9-11-18(12-10-15)25-14(2)19(22)21-17-8-5-7-16(13-17)20(23)24-3/h5,7-14H,4,6H2,1-3H3,(H,21,22). The predicted octanol–water partition coefficient (Wildman–Crippen LogP) is 3.83. The topological polar surface area (TPSA) is 64.6 Å². The van der Waals surface area contributed by atoms with Gasteiger partial charge in [-0.15, -0.1) is 0 Å². The van der Waals surface area contributed by atoms with Crippen LogP contribution in [0.5, 0.6) is 5.75 Å². The molecule has 0 fully saturated rings. The molecule has 5 heteroatoms. The first-order chi connectivity index (χ1) is 12.0. The number of hydrogen-bond acceptors (Lipinski definition) is 4. The molecule has 0 bridgehead atoms. The molecule has 1 amide bonds. The Morgan fingerprint density at radius 2 is 1.84 bits per heavy atom. The molecule has 1 atom stereocenters. The molecule has 0 radical (unpaired) electrons. The van der Waals surface area contributed by atoms with Gasteiger partial charge in [-0.25, -0.2) is 4.79 Å². The Bertz CT molecular complexity index is 725. The number of anilines is 1. The van der Waals surface area contributed by atoms with Gasteiger partial charge in [-0.05, 0) is 49.2 Å². The molecular weight excluding hydrogens is 318 g/mol. The van der Waals surface area contributed by atoms with E-state index in [2.05, 4.69) is 17.0 Å². The molecule has 0 heterocycles. The third-order valence-corrected chi connectivity index (χ3v) is 3.70. The third kappa shape index (κ3) is 5.35. The minimum absolute atomic E-state index is 0.292. The summed E-state index contributed by atoms with van der Waals surface area (Å²) < 4.78 is 10.3. The van der Waals surface area contributed by atoms with Crippen molar-refractivity contribution in [2.45, 2.75) is 32.8 Å². The Morgan fingerprint density at radius 1 is 1.12 bits per heavy atom. The second kappa shape index (κ2) is 8.87. The fraction of sp³-hybridized carbons (Fsp3) is 0.300. The maximum absolute atomic E-state index is 12.3. The largest absolute Gasteiger partial charge is 0.481 e. The average Bonchev–Trinajstić information content (AvgIpc) is 2.63. The maximum atomic E-state index is 12.3. The first-order valence-electron chi connectivity index (χ1n) is 8.28. The van der Waals surface area contributed by atoms with E-state index >= 15 is 0 Å². The zero-order valence-corrected chi connectivity index (χ0v) is 14.7. The molecule has 0 saturated carbocycles. The molecule has 0 spiro atoms. The summed E-state index contributed by atoms with van der Waals surface area (Å²) in [5, 5.41) is 2.74. The van der Waals surface area contributed by atoms with Crippen molar-refractivity contribution in [1.82, 2.24) is 0 Å². The number of carbonyl (C=O) groups excluding carboxylic acids is 2. The molecule has 1 N–H and O–H groups in total. The molecule has 0 saturated heterocycles. The lowest BCUT2D eigenvalue weighted by Gasteiger charge is -2.15. The highest BCUT2D eigenvalue weighted by Crippen LogP contribution is 2.16. The summed E-state index contributed by atoms with van der Waals surface area (Å²) in [5.41, 5.74) is 2.13. The molecule has 2 aromatic carbocycles. The highest BCUT2D eigenvalue weighted by molar-refractivity contribution is 5.96. The number of hydrogen-bond donors (Lipinski definition) is 1. The highest BCUT2D eigenvalue weighted by atomic mass is 16.5. The number of carbonyl (C=O) groups is 2. The molecule has 1 unspecified atom stereocenters. The number of esters is 1. The van der Waals surface area contributed by atoms with Crippen LogP contribution >= 0.6 is 0 Å². The molecule has 0 aliphatic heterocycles. The number of amides is 1. The summed E-state index contributed by atoms with van der Waals surface area (Å²) in [6, 6.07) is 14.3. The van der Waals surface area contributed by atoms with Crippen LogP contribution in [0.3, 0.4) is 0 Å². The monoisotopic (exact) mass is 341 g/mol. The minimum Gasteiger partial charge on any atom is -0.481 e. The number of nitrogens with one attached hydrogen (secondary N) is 1. The smallest absolute Gasteiger partial charge is 0.337 e. The quantitative estimate of drug-likeness (QED) is 0.777. The van der Waals surface area contributed by atoms with Gasteiger partial charge in [0.25, 0.3) is 5.91 Å². The number of benzene rings is 2. The second-order valence-corrected chi connectivity index (χ2v) is 5.72. The molecule has 132 valence electrons. The molecular formula is C20H23NO4. The van der Waals surface area contributed by atoms with Crippen molar-refractivity contribution in [1.29, 1.82) is 0 Å². The Kier molecular flexibility index (Phi) is 6.57. The summed E-state index contributed by atoms with van der Waals surface area (Å²) in [5.74, 6) is -0.0990. The van der Waals surface area contributed by atoms with Gasteiger partial charge in [0, 0.05) is 5.69 Å². The van der Waals surface area contributed by atoms with Gasteiger partial charge in [-0.2, -0.15) is 0 Å². The maximum Gasteiger partial charge on any atom is 0.337 e. The number of aryl methyl sites for hydroxylation is 1. The second-order valence-electron chi connectivity index (χ2n) is 5.72. The van der Waals surface area contributed by atoms with E-state index in [0.717, 1.165) is 12.8 Å². The van der Waals surface area contributed by atoms with Crippen molar-refractivity contribution in [2.24, 2.45) is 0 Å². The SMILES string of the molecule is CCCc1ccc(OC(C)C(=O)Nc2cccc(C(=O)OC)c2)cc1. The van der Waals surface area contributed by atoms with Crippen LogP contribution in [0.15, 0.2) is 48.5 Å². The number of methoxy groups -OCH3 is 1. The minimum atomic E-state index is -0.668. The Hall–Kier alpha value is -2.82. The van der Waals surface area contributed by atoms with Gasteiger partial charge in [-0.1, -0.05) is 31.5 Å². The fourth-order valence-corrected chi connectivity index (χ4v) is 2.37. The lowest BCUT2D eigenvalue weighted by atomic mass is 10.1. The molecule has 5 nitrogen and oxygen atoms in total. The van der Waals surface area contributed by atoms with E-state index in [9.17, 15) is 9.59 Å². The van der Waals surface area contributed by atoms with Crippen molar-refractivity contribution < 1.29 is 19.1 Å². The van der Waals surface area contributed by atoms with E-state index in [1.807, 2.05) is 24.3 Å². The summed E-state index contributed by atoms with van der Waals surface area (Å²) in [4.78, 5) is 23.8. The van der Waals surface area contributed by atoms with Gasteiger partial charge < -0.3 is 14.8 Å². The van der Waals surface area contributed by atoms with Gasteiger partial charge in [0.1, 0.15) is 5.75 Å². The van der Waals surface area contributed by atoms with Crippen molar-refractivity contribution in [2.75, 3.05) is 12.4 Å². The van der Waals surface area contributed by atoms with E-state index in [-0.39, 0.29) is 5.91 Å². The molecule has 2 rings (SSSR count). The lowest BCUT2D eigenvalue weighted by Crippen LogP contribution is -2.30. The van der Waals surface area contributed by atoms with E-state index < -0.39 is 12.1 Å². The van der Waals surface area contributed by atoms with Crippen LogP contribution in [0.4, 0.5) is 5.69 Å². The van der Waals surface area contributed by atoms with Crippen molar-refractivity contribution in [3.8, 4) is 5.75 Å². The van der Waals surface area contributed by atoms with Crippen LogP contribution in [0.2, 0.25) is 0 Å². The van der Waals surface area contributed by atoms with Crippen LogP contribution in [-0.2, 0) is 16.0 Å². The molecule has 0 aliphatic carbocycles. The summed E-state index contributed by atoms with van der Waals surface area (Å²) in [6.45, 7) is 3.81. The van der Waals surface area contributed by atoms with E-state index in [1.165, 1.54) is 12.7 Å². The molecule has 2 aromatic rings. The third-order valence-electron chi connectivity index (χ3n) is 3.70. The average molecular weight is 341 g/mol. The van der Waals surface area contributed by atoms with Crippen molar-refractivity contribution >= 4 is 17.6 Å². The van der Waals surface area contributed by atoms with Crippen LogP contribution in [0.1, 0.15) is 36.2 Å². The molecule has 0 aliphatic rings.